The molecule has 5 heteroatoms. The van der Waals surface area contributed by atoms with Crippen LogP contribution in [-0.4, -0.2) is 68.0 Å². The Kier molecular flexibility index (Phi) is 9.15. The van der Waals surface area contributed by atoms with Crippen LogP contribution in [0.1, 0.15) is 24.0 Å². The van der Waals surface area contributed by atoms with E-state index in [4.69, 9.17) is 9.47 Å². The lowest BCUT2D eigenvalue weighted by Gasteiger charge is -2.31. The van der Waals surface area contributed by atoms with Gasteiger partial charge in [-0.3, -0.25) is 9.80 Å². The van der Waals surface area contributed by atoms with Gasteiger partial charge >= 0.3 is 0 Å². The summed E-state index contributed by atoms with van der Waals surface area (Å²) in [6.45, 7) is 5.82. The smallest absolute Gasteiger partial charge is 0.119 e. The Morgan fingerprint density at radius 3 is 2.40 bits per heavy atom. The minimum atomic E-state index is -0.521. The maximum Gasteiger partial charge on any atom is 0.119 e. The van der Waals surface area contributed by atoms with Crippen LogP contribution < -0.4 is 4.74 Å². The largest absolute Gasteiger partial charge is 0.491 e. The molecule has 3 rings (SSSR count). The molecule has 1 unspecified atom stereocenters. The Hall–Kier alpha value is -1.92. The summed E-state index contributed by atoms with van der Waals surface area (Å²) in [5, 5.41) is 10.3. The molecule has 1 atom stereocenters. The predicted octanol–water partition coefficient (Wildman–Crippen LogP) is 3.42. The molecule has 164 valence electrons. The number of ether oxygens (including phenoxy) is 2. The van der Waals surface area contributed by atoms with Crippen molar-refractivity contribution in [1.29, 1.82) is 0 Å². The first-order valence-electron chi connectivity index (χ1n) is 11.0. The second kappa shape index (κ2) is 12.1. The zero-order chi connectivity index (χ0) is 21.2. The molecule has 1 heterocycles. The zero-order valence-corrected chi connectivity index (χ0v) is 18.4. The van der Waals surface area contributed by atoms with E-state index in [2.05, 4.69) is 34.1 Å². The van der Waals surface area contributed by atoms with Crippen LogP contribution >= 0.6 is 0 Å². The number of aliphatic hydroxyl groups excluding tert-OH is 1. The molecule has 2 aromatic carbocycles. The molecular weight excluding hydrogens is 376 g/mol. The monoisotopic (exact) mass is 412 g/mol. The van der Waals surface area contributed by atoms with E-state index in [-0.39, 0.29) is 0 Å². The second-order valence-electron chi connectivity index (χ2n) is 8.47. The molecule has 5 nitrogen and oxygen atoms in total. The third-order valence-electron chi connectivity index (χ3n) is 5.70. The lowest BCUT2D eigenvalue weighted by atomic mass is 9.97. The highest BCUT2D eigenvalue weighted by atomic mass is 16.5. The highest BCUT2D eigenvalue weighted by molar-refractivity contribution is 5.27. The van der Waals surface area contributed by atoms with E-state index in [1.165, 1.54) is 24.0 Å². The van der Waals surface area contributed by atoms with Crippen LogP contribution in [0.15, 0.2) is 54.6 Å². The first-order valence-corrected chi connectivity index (χ1v) is 11.0. The normalized spacial score (nSPS) is 16.7. The molecule has 0 amide bonds. The summed E-state index contributed by atoms with van der Waals surface area (Å²) in [6, 6.07) is 18.6. The molecule has 0 aliphatic carbocycles. The summed E-state index contributed by atoms with van der Waals surface area (Å²) in [6.07, 6.45) is 1.91. The number of hydrogen-bond acceptors (Lipinski definition) is 5. The Morgan fingerprint density at radius 1 is 1.03 bits per heavy atom. The lowest BCUT2D eigenvalue weighted by Crippen LogP contribution is -2.34. The fraction of sp³-hybridized carbons (Fsp3) is 0.520. The molecule has 1 aliphatic heterocycles. The summed E-state index contributed by atoms with van der Waals surface area (Å²) in [7, 11) is 3.81. The van der Waals surface area contributed by atoms with E-state index in [1.54, 1.807) is 7.11 Å². The average Bonchev–Trinajstić information content (AvgIpc) is 2.75. The van der Waals surface area contributed by atoms with Gasteiger partial charge in [0.15, 0.2) is 0 Å². The molecular formula is C25H36N2O3. The standard InChI is InChI=1S/C25H36N2O3/c1-26(16-21-6-4-3-5-7-21)18-24(28)20-30-25-10-8-22(9-11-25)17-27-14-12-23(13-15-27)19-29-2/h3-11,23-24,28H,12-20H2,1-2H3. The fourth-order valence-electron chi connectivity index (χ4n) is 4.06. The van der Waals surface area contributed by atoms with E-state index in [0.717, 1.165) is 38.5 Å². The summed E-state index contributed by atoms with van der Waals surface area (Å²) < 4.78 is 11.1. The van der Waals surface area contributed by atoms with Gasteiger partial charge < -0.3 is 14.6 Å². The lowest BCUT2D eigenvalue weighted by molar-refractivity contribution is 0.0743. The van der Waals surface area contributed by atoms with Crippen LogP contribution in [0.3, 0.4) is 0 Å². The molecule has 30 heavy (non-hydrogen) atoms. The summed E-state index contributed by atoms with van der Waals surface area (Å²) in [5.74, 6) is 1.52. The van der Waals surface area contributed by atoms with E-state index in [9.17, 15) is 5.11 Å². The molecule has 2 aromatic rings. The van der Waals surface area contributed by atoms with Gasteiger partial charge in [-0.25, -0.2) is 0 Å². The van der Waals surface area contributed by atoms with Crippen molar-refractivity contribution in [2.24, 2.45) is 5.92 Å². The summed E-state index contributed by atoms with van der Waals surface area (Å²) in [5.41, 5.74) is 2.54. The van der Waals surface area contributed by atoms with E-state index in [0.29, 0.717) is 19.1 Å². The Labute approximate surface area is 181 Å². The number of hydrogen-bond donors (Lipinski definition) is 1. The number of nitrogens with zero attached hydrogens (tertiary/aromatic N) is 2. The van der Waals surface area contributed by atoms with Gasteiger partial charge in [0.1, 0.15) is 18.5 Å². The Bertz CT molecular complexity index is 715. The predicted molar refractivity (Wildman–Crippen MR) is 121 cm³/mol. The van der Waals surface area contributed by atoms with Gasteiger partial charge in [0.25, 0.3) is 0 Å². The van der Waals surface area contributed by atoms with Gasteiger partial charge in [0.2, 0.25) is 0 Å². The van der Waals surface area contributed by atoms with Gasteiger partial charge in [-0.05, 0) is 62.2 Å². The summed E-state index contributed by atoms with van der Waals surface area (Å²) >= 11 is 0. The zero-order valence-electron chi connectivity index (χ0n) is 18.4. The third-order valence-corrected chi connectivity index (χ3v) is 5.70. The fourth-order valence-corrected chi connectivity index (χ4v) is 4.06. The van der Waals surface area contributed by atoms with Crippen LogP contribution in [0, 0.1) is 5.92 Å². The SMILES string of the molecule is COCC1CCN(Cc2ccc(OCC(O)CN(C)Cc3ccccc3)cc2)CC1. The van der Waals surface area contributed by atoms with E-state index in [1.807, 2.05) is 37.4 Å². The van der Waals surface area contributed by atoms with Crippen molar-refractivity contribution in [1.82, 2.24) is 9.80 Å². The van der Waals surface area contributed by atoms with Crippen LogP contribution in [0.25, 0.3) is 0 Å². The van der Waals surface area contributed by atoms with Crippen LogP contribution in [0.2, 0.25) is 0 Å². The minimum absolute atomic E-state index is 0.297. The first kappa shape index (κ1) is 22.8. The maximum absolute atomic E-state index is 10.3. The Morgan fingerprint density at radius 2 is 1.73 bits per heavy atom. The van der Waals surface area contributed by atoms with Crippen molar-refractivity contribution < 1.29 is 14.6 Å². The van der Waals surface area contributed by atoms with Crippen molar-refractivity contribution in [3.63, 3.8) is 0 Å². The molecule has 1 fully saturated rings. The second-order valence-corrected chi connectivity index (χ2v) is 8.47. The highest BCUT2D eigenvalue weighted by Gasteiger charge is 2.19. The van der Waals surface area contributed by atoms with Crippen molar-refractivity contribution in [3.05, 3.63) is 65.7 Å². The number of likely N-dealkylation sites (tertiary alicyclic amines) is 1. The minimum Gasteiger partial charge on any atom is -0.491 e. The van der Waals surface area contributed by atoms with E-state index < -0.39 is 6.10 Å². The highest BCUT2D eigenvalue weighted by Crippen LogP contribution is 2.20. The molecule has 0 aromatic heterocycles. The molecule has 1 aliphatic rings. The van der Waals surface area contributed by atoms with Crippen LogP contribution in [-0.2, 0) is 17.8 Å². The number of piperidine rings is 1. The van der Waals surface area contributed by atoms with Crippen molar-refractivity contribution in [2.75, 3.05) is 47.0 Å². The van der Waals surface area contributed by atoms with Gasteiger partial charge in [0, 0.05) is 33.4 Å². The molecule has 1 saturated heterocycles. The van der Waals surface area contributed by atoms with Gasteiger partial charge in [-0.2, -0.15) is 0 Å². The van der Waals surface area contributed by atoms with Crippen molar-refractivity contribution in [2.45, 2.75) is 32.0 Å². The van der Waals surface area contributed by atoms with Crippen LogP contribution in [0.4, 0.5) is 0 Å². The Balaban J connectivity index is 1.36. The molecule has 0 spiro atoms. The summed E-state index contributed by atoms with van der Waals surface area (Å²) in [4.78, 5) is 4.62. The molecule has 0 bridgehead atoms. The average molecular weight is 413 g/mol. The van der Waals surface area contributed by atoms with Crippen LogP contribution in [0.5, 0.6) is 5.75 Å². The number of benzene rings is 2. The van der Waals surface area contributed by atoms with Crippen molar-refractivity contribution >= 4 is 0 Å². The quantitative estimate of drug-likeness (QED) is 0.613. The number of likely N-dealkylation sites (N-methyl/N-ethyl adjacent to an activating group) is 1. The van der Waals surface area contributed by atoms with Gasteiger partial charge in [-0.1, -0.05) is 42.5 Å². The maximum atomic E-state index is 10.3. The topological polar surface area (TPSA) is 45.2 Å². The molecule has 0 saturated carbocycles. The van der Waals surface area contributed by atoms with Gasteiger partial charge in [-0.15, -0.1) is 0 Å². The van der Waals surface area contributed by atoms with Crippen molar-refractivity contribution in [3.8, 4) is 5.75 Å². The number of methoxy groups -OCH3 is 1. The van der Waals surface area contributed by atoms with E-state index >= 15 is 0 Å². The number of rotatable bonds is 11. The molecule has 0 radical (unpaired) electrons. The van der Waals surface area contributed by atoms with Gasteiger partial charge in [0.05, 0.1) is 0 Å². The molecule has 1 N–H and O–H groups in total. The third kappa shape index (κ3) is 7.73. The first-order chi connectivity index (χ1) is 14.6. The number of aliphatic hydroxyl groups is 1.